The number of carbonyl (C=O) groups excluding carboxylic acids is 1. The minimum atomic E-state index is -4.12. The number of ether oxygens (including phenoxy) is 1. The number of hydrogen-bond donors (Lipinski definition) is 1. The van der Waals surface area contributed by atoms with Crippen molar-refractivity contribution in [3.8, 4) is 11.8 Å². The molecule has 1 N–H and O–H groups in total. The average Bonchev–Trinajstić information content (AvgIpc) is 2.85. The van der Waals surface area contributed by atoms with Gasteiger partial charge in [-0.25, -0.2) is 26.6 Å². The third-order valence-electron chi connectivity index (χ3n) is 5.16. The Labute approximate surface area is 216 Å². The fraction of sp³-hybridized carbons (Fsp3) is 0.208. The highest BCUT2D eigenvalue weighted by molar-refractivity contribution is 7.92. The maximum atomic E-state index is 15.7. The number of methoxy groups -OCH3 is 1. The largest absolute Gasteiger partial charge is 0.494 e. The van der Waals surface area contributed by atoms with Gasteiger partial charge in [0.25, 0.3) is 5.91 Å². The summed E-state index contributed by atoms with van der Waals surface area (Å²) in [5, 5.41) is 10.8. The molecular weight excluding hydrogens is 533 g/mol. The van der Waals surface area contributed by atoms with Crippen LogP contribution in [0.5, 0.6) is 5.75 Å². The zero-order chi connectivity index (χ0) is 27.3. The highest BCUT2D eigenvalue weighted by atomic mass is 35.5. The Hall–Kier alpha value is -3.82. The maximum Gasteiger partial charge on any atom is 0.258 e. The summed E-state index contributed by atoms with van der Waals surface area (Å²) in [5.74, 6) is -4.73. The van der Waals surface area contributed by atoms with E-state index in [0.29, 0.717) is 0 Å². The molecule has 0 radical (unpaired) electrons. The molecule has 1 aromatic heterocycles. The fourth-order valence-electron chi connectivity index (χ4n) is 3.40. The van der Waals surface area contributed by atoms with Gasteiger partial charge in [-0.05, 0) is 42.3 Å². The van der Waals surface area contributed by atoms with Gasteiger partial charge in [0.2, 0.25) is 10.0 Å². The van der Waals surface area contributed by atoms with Gasteiger partial charge in [0.05, 0.1) is 41.4 Å². The summed E-state index contributed by atoms with van der Waals surface area (Å²) in [6.07, 6.45) is 1.23. The Kier molecular flexibility index (Phi) is 8.62. The third kappa shape index (κ3) is 5.95. The fourth-order valence-corrected chi connectivity index (χ4v) is 5.12. The summed E-state index contributed by atoms with van der Waals surface area (Å²) in [6, 6.07) is 8.51. The maximum absolute atomic E-state index is 15.7. The number of hydrogen-bond acceptors (Lipinski definition) is 6. The molecule has 1 heterocycles. The van der Waals surface area contributed by atoms with Gasteiger partial charge in [0.1, 0.15) is 6.07 Å². The lowest BCUT2D eigenvalue weighted by Crippen LogP contribution is -2.33. The molecule has 37 heavy (non-hydrogen) atoms. The number of nitrogens with one attached hydrogen (secondary N) is 1. The number of benzene rings is 2. The molecule has 0 unspecified atom stereocenters. The van der Waals surface area contributed by atoms with Gasteiger partial charge < -0.3 is 10.1 Å². The highest BCUT2D eigenvalue weighted by Crippen LogP contribution is 2.35. The number of amides is 1. The van der Waals surface area contributed by atoms with Crippen molar-refractivity contribution in [3.05, 3.63) is 81.9 Å². The first-order chi connectivity index (χ1) is 17.5. The number of aromatic nitrogens is 1. The van der Waals surface area contributed by atoms with Crippen LogP contribution >= 0.6 is 11.6 Å². The predicted molar refractivity (Wildman–Crippen MR) is 131 cm³/mol. The molecule has 13 heteroatoms. The molecule has 8 nitrogen and oxygen atoms in total. The molecular formula is C24H20ClF3N4O4S. The summed E-state index contributed by atoms with van der Waals surface area (Å²) in [5.41, 5.74) is -2.14. The van der Waals surface area contributed by atoms with E-state index in [1.807, 2.05) is 0 Å². The number of halogens is 4. The van der Waals surface area contributed by atoms with E-state index in [-0.39, 0.29) is 28.5 Å². The van der Waals surface area contributed by atoms with Gasteiger partial charge in [-0.3, -0.25) is 9.10 Å². The SMILES string of the molecule is CCCS(=O)(=O)N(Cc1ccc(OC)c(F)c1)c1ccc(Cl)c(NC(=O)c2ccnc(C#N)c2F)c1F. The number of rotatable bonds is 9. The zero-order valence-electron chi connectivity index (χ0n) is 19.6. The van der Waals surface area contributed by atoms with E-state index in [1.54, 1.807) is 6.92 Å². The van der Waals surface area contributed by atoms with E-state index in [4.69, 9.17) is 21.6 Å². The van der Waals surface area contributed by atoms with Gasteiger partial charge in [-0.15, -0.1) is 0 Å². The molecule has 0 saturated carbocycles. The molecule has 0 fully saturated rings. The standard InChI is InChI=1S/C24H20ClF3N4O4S/c1-3-10-37(34,35)32(13-14-4-7-20(36-2)17(26)11-14)19-6-5-16(25)23(22(19)28)31-24(33)15-8-9-30-18(12-29)21(15)27/h4-9,11H,3,10,13H2,1-2H3,(H,31,33). The van der Waals surface area contributed by atoms with E-state index in [2.05, 4.69) is 10.3 Å². The number of pyridine rings is 1. The molecule has 0 aliphatic carbocycles. The Morgan fingerprint density at radius 1 is 1.19 bits per heavy atom. The van der Waals surface area contributed by atoms with E-state index in [9.17, 15) is 22.0 Å². The van der Waals surface area contributed by atoms with E-state index >= 15 is 4.39 Å². The molecule has 0 saturated heterocycles. The molecule has 3 aromatic rings. The van der Waals surface area contributed by atoms with E-state index in [0.717, 1.165) is 34.8 Å². The first kappa shape index (κ1) is 27.8. The van der Waals surface area contributed by atoms with Crippen LogP contribution in [0.4, 0.5) is 24.5 Å². The van der Waals surface area contributed by atoms with Crippen LogP contribution in [0, 0.1) is 28.8 Å². The Morgan fingerprint density at radius 3 is 2.54 bits per heavy atom. The van der Waals surface area contributed by atoms with Crippen molar-refractivity contribution >= 4 is 38.9 Å². The van der Waals surface area contributed by atoms with Crippen LogP contribution < -0.4 is 14.4 Å². The summed E-state index contributed by atoms with van der Waals surface area (Å²) < 4.78 is 76.1. The molecule has 0 atom stereocenters. The summed E-state index contributed by atoms with van der Waals surface area (Å²) in [4.78, 5) is 16.2. The minimum Gasteiger partial charge on any atom is -0.494 e. The van der Waals surface area contributed by atoms with E-state index in [1.165, 1.54) is 25.3 Å². The van der Waals surface area contributed by atoms with Crippen LogP contribution in [-0.2, 0) is 16.6 Å². The molecule has 0 spiro atoms. The van der Waals surface area contributed by atoms with Gasteiger partial charge in [0, 0.05) is 6.20 Å². The molecule has 0 aliphatic rings. The van der Waals surface area contributed by atoms with Crippen LogP contribution in [0.2, 0.25) is 5.02 Å². The second-order valence-electron chi connectivity index (χ2n) is 7.63. The third-order valence-corrected chi connectivity index (χ3v) is 7.39. The van der Waals surface area contributed by atoms with Crippen molar-refractivity contribution in [2.75, 3.05) is 22.5 Å². The molecule has 0 aliphatic heterocycles. The number of nitriles is 1. The monoisotopic (exact) mass is 552 g/mol. The van der Waals surface area contributed by atoms with Crippen LogP contribution in [0.25, 0.3) is 0 Å². The average molecular weight is 553 g/mol. The van der Waals surface area contributed by atoms with Crippen molar-refractivity contribution in [2.24, 2.45) is 0 Å². The molecule has 3 rings (SSSR count). The van der Waals surface area contributed by atoms with Crippen molar-refractivity contribution < 1.29 is 31.1 Å². The summed E-state index contributed by atoms with van der Waals surface area (Å²) >= 11 is 6.08. The molecule has 194 valence electrons. The van der Waals surface area contributed by atoms with E-state index < -0.39 is 62.6 Å². The van der Waals surface area contributed by atoms with Crippen molar-refractivity contribution in [1.82, 2.24) is 4.98 Å². The first-order valence-electron chi connectivity index (χ1n) is 10.7. The normalized spacial score (nSPS) is 11.1. The lowest BCUT2D eigenvalue weighted by molar-refractivity contribution is 0.102. The lowest BCUT2D eigenvalue weighted by Gasteiger charge is -2.26. The van der Waals surface area contributed by atoms with Crippen LogP contribution in [0.15, 0.2) is 42.6 Å². The van der Waals surface area contributed by atoms with Crippen LogP contribution in [-0.4, -0.2) is 32.2 Å². The lowest BCUT2D eigenvalue weighted by atomic mass is 10.1. The second-order valence-corrected chi connectivity index (χ2v) is 10.1. The molecule has 0 bridgehead atoms. The van der Waals surface area contributed by atoms with Crippen molar-refractivity contribution in [1.29, 1.82) is 5.26 Å². The first-order valence-corrected chi connectivity index (χ1v) is 12.7. The Bertz CT molecular complexity index is 1500. The summed E-state index contributed by atoms with van der Waals surface area (Å²) in [7, 11) is -2.85. The smallest absolute Gasteiger partial charge is 0.258 e. The number of anilines is 2. The minimum absolute atomic E-state index is 0.0581. The Balaban J connectivity index is 2.07. The van der Waals surface area contributed by atoms with Gasteiger partial charge >= 0.3 is 0 Å². The number of nitrogens with zero attached hydrogens (tertiary/aromatic N) is 3. The topological polar surface area (TPSA) is 112 Å². The number of carbonyl (C=O) groups is 1. The van der Waals surface area contributed by atoms with Gasteiger partial charge in [-0.2, -0.15) is 5.26 Å². The van der Waals surface area contributed by atoms with Crippen molar-refractivity contribution in [3.63, 3.8) is 0 Å². The zero-order valence-corrected chi connectivity index (χ0v) is 21.1. The van der Waals surface area contributed by atoms with Gasteiger partial charge in [-0.1, -0.05) is 24.6 Å². The Morgan fingerprint density at radius 2 is 1.92 bits per heavy atom. The molecule has 1 amide bonds. The van der Waals surface area contributed by atoms with Crippen LogP contribution in [0.1, 0.15) is 35.0 Å². The highest BCUT2D eigenvalue weighted by Gasteiger charge is 2.28. The van der Waals surface area contributed by atoms with Crippen LogP contribution in [0.3, 0.4) is 0 Å². The quantitative estimate of drug-likeness (QED) is 0.398. The summed E-state index contributed by atoms with van der Waals surface area (Å²) in [6.45, 7) is 1.17. The second kappa shape index (κ2) is 11.5. The van der Waals surface area contributed by atoms with Gasteiger partial charge in [0.15, 0.2) is 28.9 Å². The predicted octanol–water partition coefficient (Wildman–Crippen LogP) is 5.03. The number of sulfonamides is 1. The van der Waals surface area contributed by atoms with Crippen molar-refractivity contribution in [2.45, 2.75) is 19.9 Å². The molecule has 2 aromatic carbocycles.